The summed E-state index contributed by atoms with van der Waals surface area (Å²) in [7, 11) is -9.59. The van der Waals surface area contributed by atoms with Crippen molar-refractivity contribution in [1.29, 1.82) is 0 Å². The van der Waals surface area contributed by atoms with Gasteiger partial charge in [0.05, 0.1) is 6.61 Å². The van der Waals surface area contributed by atoms with Crippen molar-refractivity contribution in [2.45, 2.75) is 24.7 Å². The summed E-state index contributed by atoms with van der Waals surface area (Å²) >= 11 is 0. The molecule has 18 heavy (non-hydrogen) atoms. The molecule has 0 heterocycles. The molecule has 0 radical (unpaired) electrons. The maximum Gasteiger partial charge on any atom is 0.310 e. The van der Waals surface area contributed by atoms with E-state index in [0.717, 1.165) is 12.1 Å². The minimum atomic E-state index is -9.59. The minimum absolute atomic E-state index is 0.000758. The normalized spacial score (nSPS) is 18.3. The number of hydrogen-bond donors (Lipinski definition) is 1. The molecule has 1 aromatic rings. The molecule has 1 atom stereocenters. The third-order valence-corrected chi connectivity index (χ3v) is 3.92. The summed E-state index contributed by atoms with van der Waals surface area (Å²) < 4.78 is 62.4. The van der Waals surface area contributed by atoms with E-state index < -0.39 is 15.1 Å². The average Bonchev–Trinajstić information content (AvgIpc) is 2.15. The summed E-state index contributed by atoms with van der Waals surface area (Å²) in [6.45, 7) is 3.34. The standard InChI is InChI=1S/C11H15F5OS/c1-8(2)11(7-17)9-3-5-10(6-4-9)18(12,13,14,15)16/h3-6,8,11,17H,7H2,1-2H3. The Morgan fingerprint density at radius 1 is 1.00 bits per heavy atom. The van der Waals surface area contributed by atoms with Crippen LogP contribution in [-0.2, 0) is 0 Å². The van der Waals surface area contributed by atoms with Gasteiger partial charge in [0.1, 0.15) is 4.90 Å². The Kier molecular flexibility index (Phi) is 3.25. The molecule has 7 heteroatoms. The fourth-order valence-corrected chi connectivity index (χ4v) is 2.32. The second-order valence-corrected chi connectivity index (χ2v) is 6.98. The van der Waals surface area contributed by atoms with Crippen LogP contribution in [-0.4, -0.2) is 11.7 Å². The van der Waals surface area contributed by atoms with Gasteiger partial charge in [-0.15, -0.1) is 0 Å². The van der Waals surface area contributed by atoms with Crippen LogP contribution in [0.3, 0.4) is 0 Å². The Bertz CT molecular complexity index is 422. The number of rotatable bonds is 4. The second-order valence-electron chi connectivity index (χ2n) is 4.57. The van der Waals surface area contributed by atoms with E-state index in [2.05, 4.69) is 0 Å². The first kappa shape index (κ1) is 15.2. The van der Waals surface area contributed by atoms with Crippen LogP contribution in [0.2, 0.25) is 0 Å². The van der Waals surface area contributed by atoms with E-state index in [1.165, 1.54) is 0 Å². The number of aliphatic hydroxyl groups is 1. The first-order valence-corrected chi connectivity index (χ1v) is 7.25. The zero-order chi connectivity index (χ0) is 14.3. The van der Waals surface area contributed by atoms with Gasteiger partial charge in [0.15, 0.2) is 0 Å². The number of aliphatic hydroxyl groups excluding tert-OH is 1. The van der Waals surface area contributed by atoms with E-state index in [1.54, 1.807) is 13.8 Å². The summed E-state index contributed by atoms with van der Waals surface area (Å²) in [6, 6.07) is 2.74. The summed E-state index contributed by atoms with van der Waals surface area (Å²) in [5.41, 5.74) is 0.415. The molecule has 0 saturated heterocycles. The first-order chi connectivity index (χ1) is 7.85. The third-order valence-electron chi connectivity index (χ3n) is 2.76. The van der Waals surface area contributed by atoms with Crippen molar-refractivity contribution in [2.24, 2.45) is 5.92 Å². The Morgan fingerprint density at radius 2 is 1.44 bits per heavy atom. The lowest BCUT2D eigenvalue weighted by atomic mass is 9.89. The second kappa shape index (κ2) is 3.84. The Balaban J connectivity index is 3.16. The zero-order valence-corrected chi connectivity index (χ0v) is 10.7. The quantitative estimate of drug-likeness (QED) is 0.767. The van der Waals surface area contributed by atoms with E-state index in [0.29, 0.717) is 17.7 Å². The highest BCUT2D eigenvalue weighted by Gasteiger charge is 2.65. The number of hydrogen-bond acceptors (Lipinski definition) is 1. The van der Waals surface area contributed by atoms with Crippen LogP contribution >= 0.6 is 10.2 Å². The molecule has 0 amide bonds. The Hall–Kier alpha value is -0.820. The van der Waals surface area contributed by atoms with Gasteiger partial charge in [-0.1, -0.05) is 45.4 Å². The van der Waals surface area contributed by atoms with Crippen molar-refractivity contribution >= 4 is 10.2 Å². The summed E-state index contributed by atoms with van der Waals surface area (Å²) in [5, 5.41) is 9.12. The number of benzene rings is 1. The van der Waals surface area contributed by atoms with Gasteiger partial charge in [0.25, 0.3) is 0 Å². The molecule has 0 aliphatic carbocycles. The fourth-order valence-electron chi connectivity index (χ4n) is 1.67. The monoisotopic (exact) mass is 290 g/mol. The van der Waals surface area contributed by atoms with Crippen LogP contribution in [0.25, 0.3) is 0 Å². The van der Waals surface area contributed by atoms with E-state index >= 15 is 0 Å². The number of halogens is 5. The SMILES string of the molecule is CC(C)C(CO)c1ccc(S(F)(F)(F)(F)F)cc1. The molecule has 0 bridgehead atoms. The molecule has 1 rings (SSSR count). The third kappa shape index (κ3) is 3.58. The van der Waals surface area contributed by atoms with Gasteiger partial charge in [0, 0.05) is 5.92 Å². The molecule has 0 aromatic heterocycles. The summed E-state index contributed by atoms with van der Waals surface area (Å²) in [4.78, 5) is -1.90. The van der Waals surface area contributed by atoms with E-state index in [1.807, 2.05) is 0 Å². The van der Waals surface area contributed by atoms with E-state index in [-0.39, 0.29) is 18.4 Å². The molecule has 1 N–H and O–H groups in total. The van der Waals surface area contributed by atoms with Crippen LogP contribution < -0.4 is 0 Å². The van der Waals surface area contributed by atoms with Gasteiger partial charge >= 0.3 is 10.2 Å². The highest BCUT2D eigenvalue weighted by Crippen LogP contribution is 3.02. The van der Waals surface area contributed by atoms with Gasteiger partial charge in [-0.25, -0.2) is 0 Å². The van der Waals surface area contributed by atoms with Crippen molar-refractivity contribution in [3.63, 3.8) is 0 Å². The highest BCUT2D eigenvalue weighted by atomic mass is 32.5. The molecule has 1 nitrogen and oxygen atoms in total. The zero-order valence-electron chi connectivity index (χ0n) is 9.92. The minimum Gasteiger partial charge on any atom is -0.396 e. The van der Waals surface area contributed by atoms with Crippen LogP contribution in [0.1, 0.15) is 25.3 Å². The Morgan fingerprint density at radius 3 is 1.72 bits per heavy atom. The van der Waals surface area contributed by atoms with E-state index in [9.17, 15) is 19.4 Å². The van der Waals surface area contributed by atoms with Crippen LogP contribution in [0.15, 0.2) is 29.2 Å². The maximum atomic E-state index is 12.5. The lowest BCUT2D eigenvalue weighted by Gasteiger charge is -2.40. The topological polar surface area (TPSA) is 20.2 Å². The van der Waals surface area contributed by atoms with Crippen LogP contribution in [0.4, 0.5) is 19.4 Å². The molecule has 0 saturated carbocycles. The maximum absolute atomic E-state index is 12.5. The highest BCUT2D eigenvalue weighted by molar-refractivity contribution is 8.45. The van der Waals surface area contributed by atoms with Gasteiger partial charge < -0.3 is 5.11 Å². The molecule has 106 valence electrons. The summed E-state index contributed by atoms with van der Waals surface area (Å²) in [5.74, 6) is -0.363. The smallest absolute Gasteiger partial charge is 0.310 e. The lowest BCUT2D eigenvalue weighted by Crippen LogP contribution is -2.12. The molecular formula is C11H15F5OS. The van der Waals surface area contributed by atoms with Gasteiger partial charge in [-0.05, 0) is 23.6 Å². The average molecular weight is 290 g/mol. The molecule has 1 aromatic carbocycles. The molecular weight excluding hydrogens is 275 g/mol. The molecule has 1 unspecified atom stereocenters. The lowest BCUT2D eigenvalue weighted by molar-refractivity contribution is 0.237. The molecule has 0 fully saturated rings. The van der Waals surface area contributed by atoms with Crippen molar-refractivity contribution in [1.82, 2.24) is 0 Å². The predicted octanol–water partition coefficient (Wildman–Crippen LogP) is 5.08. The van der Waals surface area contributed by atoms with Crippen molar-refractivity contribution in [2.75, 3.05) is 6.61 Å². The molecule has 0 aliphatic rings. The van der Waals surface area contributed by atoms with Crippen LogP contribution in [0.5, 0.6) is 0 Å². The van der Waals surface area contributed by atoms with Gasteiger partial charge in [0.2, 0.25) is 0 Å². The van der Waals surface area contributed by atoms with E-state index in [4.69, 9.17) is 5.11 Å². The molecule has 0 spiro atoms. The van der Waals surface area contributed by atoms with Crippen molar-refractivity contribution in [3.8, 4) is 0 Å². The predicted molar refractivity (Wildman–Crippen MR) is 62.5 cm³/mol. The van der Waals surface area contributed by atoms with Crippen molar-refractivity contribution in [3.05, 3.63) is 29.8 Å². The first-order valence-electron chi connectivity index (χ1n) is 5.30. The Labute approximate surface area is 102 Å². The fraction of sp³-hybridized carbons (Fsp3) is 0.455. The van der Waals surface area contributed by atoms with Crippen LogP contribution in [0, 0.1) is 5.92 Å². The van der Waals surface area contributed by atoms with Crippen molar-refractivity contribution < 1.29 is 24.5 Å². The van der Waals surface area contributed by atoms with Gasteiger partial charge in [-0.2, -0.15) is 0 Å². The molecule has 0 aliphatic heterocycles. The largest absolute Gasteiger partial charge is 0.396 e. The summed E-state index contributed by atoms with van der Waals surface area (Å²) in [6.07, 6.45) is 0. The van der Waals surface area contributed by atoms with Gasteiger partial charge in [-0.3, -0.25) is 0 Å².